The Labute approximate surface area is 369 Å². The first kappa shape index (κ1) is 43.2. The zero-order valence-electron chi connectivity index (χ0n) is 37.0. The fourth-order valence-electron chi connectivity index (χ4n) is 11.1. The van der Waals surface area contributed by atoms with E-state index >= 15 is 4.39 Å². The summed E-state index contributed by atoms with van der Waals surface area (Å²) in [5, 5.41) is 13.1. The Morgan fingerprint density at radius 1 is 1.02 bits per heavy atom. The maximum absolute atomic E-state index is 16.0. The second-order valence-electron chi connectivity index (χ2n) is 19.8. The molecule has 4 aliphatic carbocycles. The van der Waals surface area contributed by atoms with Crippen LogP contribution >= 0.6 is 0 Å². The van der Waals surface area contributed by atoms with Gasteiger partial charge in [-0.2, -0.15) is 0 Å². The van der Waals surface area contributed by atoms with Gasteiger partial charge in [-0.25, -0.2) is 22.5 Å². The predicted molar refractivity (Wildman–Crippen MR) is 242 cm³/mol. The molecule has 336 valence electrons. The minimum Gasteiger partial charge on any atom is -0.455 e. The molecule has 3 saturated carbocycles. The summed E-state index contributed by atoms with van der Waals surface area (Å²) < 4.78 is 52.1. The number of nitrogens with one attached hydrogen (secondary N) is 2. The lowest BCUT2D eigenvalue weighted by Gasteiger charge is -2.73. The van der Waals surface area contributed by atoms with Crippen molar-refractivity contribution in [3.05, 3.63) is 87.7 Å². The summed E-state index contributed by atoms with van der Waals surface area (Å²) in [5.41, 5.74) is 5.60. The van der Waals surface area contributed by atoms with E-state index in [4.69, 9.17) is 4.74 Å². The number of rotatable bonds is 13. The number of carbonyl (C=O) groups excluding carboxylic acids is 1. The Morgan fingerprint density at radius 3 is 2.44 bits per heavy atom. The normalized spacial score (nSPS) is 24.7. The summed E-state index contributed by atoms with van der Waals surface area (Å²) in [6, 6.07) is 11.9. The van der Waals surface area contributed by atoms with Crippen molar-refractivity contribution in [2.24, 2.45) is 16.2 Å². The summed E-state index contributed by atoms with van der Waals surface area (Å²) in [4.78, 5) is 40.5. The first-order valence-electron chi connectivity index (χ1n) is 22.3. The molecule has 1 amide bonds. The van der Waals surface area contributed by atoms with Crippen LogP contribution in [0.25, 0.3) is 11.0 Å². The molecule has 16 heteroatoms. The monoisotopic (exact) mass is 882 g/mol. The maximum atomic E-state index is 16.0. The molecule has 2 aliphatic heterocycles. The van der Waals surface area contributed by atoms with Crippen LogP contribution in [0.2, 0.25) is 0 Å². The van der Waals surface area contributed by atoms with Crippen molar-refractivity contribution in [3.63, 3.8) is 0 Å². The lowest BCUT2D eigenvalue weighted by atomic mass is 9.31. The number of carbonyl (C=O) groups is 1. The lowest BCUT2D eigenvalue weighted by molar-refractivity contribution is -0.384. The predicted octanol–water partition coefficient (Wildman–Crippen LogP) is 8.42. The average Bonchev–Trinajstić information content (AvgIpc) is 3.70. The Balaban J connectivity index is 0.937. The highest BCUT2D eigenvalue weighted by molar-refractivity contribution is 7.90. The molecule has 2 bridgehead atoms. The maximum Gasteiger partial charge on any atom is 0.293 e. The molecule has 63 heavy (non-hydrogen) atoms. The number of H-pyrrole nitrogens is 1. The van der Waals surface area contributed by atoms with Gasteiger partial charge in [0.1, 0.15) is 22.8 Å². The van der Waals surface area contributed by atoms with Gasteiger partial charge in [-0.3, -0.25) is 19.8 Å². The number of benzene rings is 2. The van der Waals surface area contributed by atoms with Crippen LogP contribution in [0, 0.1) is 26.4 Å². The number of pyridine rings is 1. The molecule has 0 unspecified atom stereocenters. The Kier molecular flexibility index (Phi) is 10.9. The highest BCUT2D eigenvalue weighted by atomic mass is 32.2. The number of amides is 1. The van der Waals surface area contributed by atoms with Gasteiger partial charge in [-0.05, 0) is 98.2 Å². The number of halogens is 1. The quantitative estimate of drug-likeness (QED) is 0.0575. The van der Waals surface area contributed by atoms with Crippen molar-refractivity contribution in [2.45, 2.75) is 89.2 Å². The Hall–Kier alpha value is -5.06. The van der Waals surface area contributed by atoms with Crippen molar-refractivity contribution in [2.75, 3.05) is 69.7 Å². The number of nitrogens with zero attached hydrogens (tertiary/aromatic N) is 6. The molecular formula is C47H59FN8O6S. The standard InChI is InChI=1S/C47H59FN8O6S/c1-6-45-29-46(30-45,31-45)38-26-44(2,3)13-11-33(38)28-54-19-21-55(22-20-54)34-7-9-37(41(24-34)62-35-23-32-12-16-49-42(32)50-27-35)43(57)51-63(60,61)36-8-10-39(40(25-36)56(58)59)53(5)47(48)14-17-52(4)18-15-47/h7-10,12,16,23-25,27H,6,11,13-15,17-22,26,28-31H2,1-5H3,(H,49,50)(H,51,57). The van der Waals surface area contributed by atoms with Gasteiger partial charge in [0, 0.05) is 95.1 Å². The molecule has 0 spiro atoms. The van der Waals surface area contributed by atoms with Crippen LogP contribution in [0.15, 0.2) is 77.0 Å². The third-order valence-corrected chi connectivity index (χ3v) is 16.4. The van der Waals surface area contributed by atoms with Gasteiger partial charge in [0.05, 0.1) is 21.6 Å². The number of aromatic amines is 1. The second-order valence-corrected chi connectivity index (χ2v) is 21.5. The molecule has 2 aromatic heterocycles. The van der Waals surface area contributed by atoms with E-state index in [0.717, 1.165) is 55.9 Å². The van der Waals surface area contributed by atoms with E-state index in [1.54, 1.807) is 41.6 Å². The third-order valence-electron chi connectivity index (χ3n) is 15.1. The number of alkyl halides is 1. The summed E-state index contributed by atoms with van der Waals surface area (Å²) >= 11 is 0. The van der Waals surface area contributed by atoms with Gasteiger partial charge in [-0.1, -0.05) is 38.3 Å². The number of piperidine rings is 1. The average molecular weight is 883 g/mol. The number of ether oxygens (including phenoxy) is 1. The number of hydrogen-bond donors (Lipinski definition) is 2. The minimum atomic E-state index is -4.65. The third kappa shape index (κ3) is 8.18. The van der Waals surface area contributed by atoms with E-state index in [9.17, 15) is 23.3 Å². The zero-order valence-corrected chi connectivity index (χ0v) is 37.8. The minimum absolute atomic E-state index is 0.0548. The van der Waals surface area contributed by atoms with E-state index in [1.165, 1.54) is 69.2 Å². The second kappa shape index (κ2) is 15.9. The number of nitro benzene ring substituents is 1. The number of allylic oxidation sites excluding steroid dienone is 1. The van der Waals surface area contributed by atoms with E-state index in [0.29, 0.717) is 40.7 Å². The molecule has 10 rings (SSSR count). The van der Waals surface area contributed by atoms with Gasteiger partial charge in [-0.15, -0.1) is 0 Å². The molecule has 14 nitrogen and oxygen atoms in total. The van der Waals surface area contributed by atoms with E-state index in [1.807, 2.05) is 18.0 Å². The Morgan fingerprint density at radius 2 is 1.75 bits per heavy atom. The van der Waals surface area contributed by atoms with Crippen LogP contribution < -0.4 is 19.3 Å². The van der Waals surface area contributed by atoms with Gasteiger partial charge in [0.25, 0.3) is 21.6 Å². The van der Waals surface area contributed by atoms with Crippen LogP contribution in [-0.4, -0.2) is 105 Å². The molecule has 2 aromatic carbocycles. The number of anilines is 2. The number of fused-ring (bicyclic) bond motifs is 1. The van der Waals surface area contributed by atoms with Crippen molar-refractivity contribution in [1.82, 2.24) is 24.5 Å². The van der Waals surface area contributed by atoms with Crippen molar-refractivity contribution in [1.29, 1.82) is 0 Å². The van der Waals surface area contributed by atoms with Gasteiger partial charge in [0.15, 0.2) is 5.79 Å². The van der Waals surface area contributed by atoms with Crippen LogP contribution in [0.5, 0.6) is 11.5 Å². The lowest BCUT2D eigenvalue weighted by Crippen LogP contribution is -2.63. The molecule has 4 heterocycles. The number of sulfonamides is 1. The fraction of sp³-hybridized carbons (Fsp3) is 0.532. The first-order chi connectivity index (χ1) is 29.9. The number of nitro groups is 1. The largest absolute Gasteiger partial charge is 0.455 e. The molecule has 2 saturated heterocycles. The molecule has 2 N–H and O–H groups in total. The summed E-state index contributed by atoms with van der Waals surface area (Å²) in [7, 11) is -1.34. The summed E-state index contributed by atoms with van der Waals surface area (Å²) in [5.74, 6) is -2.37. The molecule has 4 aromatic rings. The molecule has 5 fully saturated rings. The highest BCUT2D eigenvalue weighted by Gasteiger charge is 2.68. The van der Waals surface area contributed by atoms with Gasteiger partial charge >= 0.3 is 0 Å². The van der Waals surface area contributed by atoms with Crippen LogP contribution in [-0.2, 0) is 10.0 Å². The first-order valence-corrected chi connectivity index (χ1v) is 23.8. The van der Waals surface area contributed by atoms with Crippen LogP contribution in [0.1, 0.15) is 88.9 Å². The molecular weight excluding hydrogens is 824 g/mol. The number of piperazine rings is 1. The number of aromatic nitrogens is 2. The molecule has 0 radical (unpaired) electrons. The molecule has 0 atom stereocenters. The van der Waals surface area contributed by atoms with Crippen molar-refractivity contribution in [3.8, 4) is 11.5 Å². The summed E-state index contributed by atoms with van der Waals surface area (Å²) in [6.45, 7) is 12.4. The number of hydrogen-bond acceptors (Lipinski definition) is 11. The summed E-state index contributed by atoms with van der Waals surface area (Å²) in [6.07, 6.45) is 12.5. The van der Waals surface area contributed by atoms with Crippen LogP contribution in [0.4, 0.5) is 21.5 Å². The number of likely N-dealkylation sites (tertiary alicyclic amines) is 1. The van der Waals surface area contributed by atoms with Crippen molar-refractivity contribution < 1.29 is 27.3 Å². The van der Waals surface area contributed by atoms with E-state index < -0.39 is 37.2 Å². The molecule has 6 aliphatic rings. The fourth-order valence-corrected chi connectivity index (χ4v) is 12.1. The SMILES string of the molecule is CCC12CC(C3=C(CN4CCN(c5ccc(C(=O)NS(=O)(=O)c6ccc(N(C)C7(F)CCN(C)CC7)c([N+](=O)[O-])c6)c(Oc6cnc7[nH]ccc7c6)c5)CC4)CCC(C)(C)C3)(C1)C2. The smallest absolute Gasteiger partial charge is 0.293 e. The van der Waals surface area contributed by atoms with E-state index in [-0.39, 0.29) is 29.8 Å². The highest BCUT2D eigenvalue weighted by Crippen LogP contribution is 2.79. The van der Waals surface area contributed by atoms with Crippen LogP contribution in [0.3, 0.4) is 0 Å². The van der Waals surface area contributed by atoms with Gasteiger partial charge < -0.3 is 24.4 Å². The topological polar surface area (TPSA) is 157 Å². The van der Waals surface area contributed by atoms with Gasteiger partial charge in [0.2, 0.25) is 0 Å². The van der Waals surface area contributed by atoms with E-state index in [2.05, 4.69) is 45.3 Å². The van der Waals surface area contributed by atoms with Crippen molar-refractivity contribution >= 4 is 44.0 Å². The Bertz CT molecular complexity index is 2570. The zero-order chi connectivity index (χ0) is 44.5.